The summed E-state index contributed by atoms with van der Waals surface area (Å²) in [5.41, 5.74) is 5.40. The number of nitrogens with zero attached hydrogens (tertiary/aromatic N) is 2. The minimum atomic E-state index is -3.99. The molecule has 0 heterocycles. The second-order valence-electron chi connectivity index (χ2n) is 4.73. The van der Waals surface area contributed by atoms with Gasteiger partial charge in [0.25, 0.3) is 0 Å². The Hall–Kier alpha value is -0.940. The number of nitro benzene ring substituents is 1. The molecule has 1 rings (SSSR count). The van der Waals surface area contributed by atoms with Gasteiger partial charge in [-0.2, -0.15) is 4.31 Å². The molecule has 0 bridgehead atoms. The van der Waals surface area contributed by atoms with Gasteiger partial charge >= 0.3 is 5.69 Å². The first kappa shape index (κ1) is 22.1. The van der Waals surface area contributed by atoms with Gasteiger partial charge in [0.05, 0.1) is 12.0 Å². The van der Waals surface area contributed by atoms with Gasteiger partial charge in [-0.05, 0) is 19.9 Å². The van der Waals surface area contributed by atoms with Gasteiger partial charge in [-0.25, -0.2) is 8.42 Å². The molecular formula is C12H19BrClN3O5S. The maximum atomic E-state index is 12.7. The van der Waals surface area contributed by atoms with Crippen molar-refractivity contribution in [1.29, 1.82) is 0 Å². The lowest BCUT2D eigenvalue weighted by Crippen LogP contribution is -2.39. The van der Waals surface area contributed by atoms with E-state index in [4.69, 9.17) is 10.5 Å². The molecule has 1 aromatic rings. The van der Waals surface area contributed by atoms with Crippen molar-refractivity contribution in [3.05, 3.63) is 26.2 Å². The van der Waals surface area contributed by atoms with E-state index >= 15 is 0 Å². The first-order valence-electron chi connectivity index (χ1n) is 6.29. The zero-order valence-corrected chi connectivity index (χ0v) is 16.3. The van der Waals surface area contributed by atoms with E-state index in [1.54, 1.807) is 6.92 Å². The molecule has 0 radical (unpaired) electrons. The Bertz CT molecular complexity index is 698. The zero-order valence-electron chi connectivity index (χ0n) is 13.1. The maximum absolute atomic E-state index is 12.7. The highest BCUT2D eigenvalue weighted by Gasteiger charge is 2.34. The van der Waals surface area contributed by atoms with Gasteiger partial charge in [0.2, 0.25) is 15.8 Å². The largest absolute Gasteiger partial charge is 0.489 e. The molecule has 0 spiro atoms. The predicted molar refractivity (Wildman–Crippen MR) is 92.8 cm³/mol. The molecule has 0 aliphatic carbocycles. The molecule has 2 N–H and O–H groups in total. The summed E-state index contributed by atoms with van der Waals surface area (Å²) in [6.07, 6.45) is 0. The molecule has 0 aromatic heterocycles. The summed E-state index contributed by atoms with van der Waals surface area (Å²) in [4.78, 5) is 10.3. The van der Waals surface area contributed by atoms with Gasteiger partial charge in [0.15, 0.2) is 0 Å². The molecule has 1 unspecified atom stereocenters. The first-order chi connectivity index (χ1) is 10.1. The van der Waals surface area contributed by atoms with E-state index in [0.29, 0.717) is 4.47 Å². The summed E-state index contributed by atoms with van der Waals surface area (Å²) in [6.45, 7) is 3.27. The zero-order chi connectivity index (χ0) is 17.2. The highest BCUT2D eigenvalue weighted by molar-refractivity contribution is 9.10. The van der Waals surface area contributed by atoms with Gasteiger partial charge < -0.3 is 10.5 Å². The molecule has 0 aliphatic rings. The third-order valence-electron chi connectivity index (χ3n) is 3.42. The quantitative estimate of drug-likeness (QED) is 0.543. The molecule has 0 saturated heterocycles. The number of sulfonamides is 1. The van der Waals surface area contributed by atoms with Crippen LogP contribution in [0.15, 0.2) is 15.4 Å². The second-order valence-corrected chi connectivity index (χ2v) is 7.55. The summed E-state index contributed by atoms with van der Waals surface area (Å²) in [7, 11) is -1.43. The summed E-state index contributed by atoms with van der Waals surface area (Å²) in [6, 6.07) is 0.838. The van der Waals surface area contributed by atoms with Gasteiger partial charge in [0.1, 0.15) is 4.90 Å². The van der Waals surface area contributed by atoms with Crippen LogP contribution in [0.2, 0.25) is 0 Å². The van der Waals surface area contributed by atoms with Crippen molar-refractivity contribution in [3.63, 3.8) is 0 Å². The maximum Gasteiger partial charge on any atom is 0.316 e. The van der Waals surface area contributed by atoms with Crippen molar-refractivity contribution in [3.8, 4) is 5.75 Å². The number of nitro groups is 1. The van der Waals surface area contributed by atoms with Gasteiger partial charge in [-0.15, -0.1) is 12.4 Å². The molecule has 8 nitrogen and oxygen atoms in total. The van der Waals surface area contributed by atoms with Crippen LogP contribution < -0.4 is 10.5 Å². The van der Waals surface area contributed by atoms with Crippen molar-refractivity contribution < 1.29 is 18.1 Å². The normalized spacial score (nSPS) is 12.7. The van der Waals surface area contributed by atoms with Crippen LogP contribution in [0.25, 0.3) is 0 Å². The monoisotopic (exact) mass is 431 g/mol. The Balaban J connectivity index is 0.00000484. The van der Waals surface area contributed by atoms with E-state index in [2.05, 4.69) is 15.9 Å². The number of benzene rings is 1. The van der Waals surface area contributed by atoms with Crippen LogP contribution in [0.3, 0.4) is 0 Å². The lowest BCUT2D eigenvalue weighted by Gasteiger charge is -2.24. The first-order valence-corrected chi connectivity index (χ1v) is 8.52. The topological polar surface area (TPSA) is 116 Å². The van der Waals surface area contributed by atoms with Crippen LogP contribution >= 0.6 is 28.3 Å². The van der Waals surface area contributed by atoms with Crippen LogP contribution in [0.5, 0.6) is 5.75 Å². The minimum Gasteiger partial charge on any atom is -0.489 e. The summed E-state index contributed by atoms with van der Waals surface area (Å²) in [5.74, 6) is -0.290. The Morgan fingerprint density at radius 3 is 2.43 bits per heavy atom. The lowest BCUT2D eigenvalue weighted by atomic mass is 10.2. The molecular weight excluding hydrogens is 414 g/mol. The minimum absolute atomic E-state index is 0. The lowest BCUT2D eigenvalue weighted by molar-refractivity contribution is -0.386. The van der Waals surface area contributed by atoms with Crippen molar-refractivity contribution >= 4 is 44.0 Å². The van der Waals surface area contributed by atoms with E-state index in [-0.39, 0.29) is 40.8 Å². The molecule has 23 heavy (non-hydrogen) atoms. The average molecular weight is 433 g/mol. The third-order valence-corrected chi connectivity index (χ3v) is 6.22. The van der Waals surface area contributed by atoms with E-state index in [1.165, 1.54) is 27.1 Å². The fourth-order valence-electron chi connectivity index (χ4n) is 1.84. The van der Waals surface area contributed by atoms with E-state index < -0.39 is 21.0 Å². The number of hydrogen-bond acceptors (Lipinski definition) is 6. The average Bonchev–Trinajstić information content (AvgIpc) is 2.46. The third kappa shape index (κ3) is 4.13. The molecule has 0 fully saturated rings. The number of halogens is 2. The number of ether oxygens (including phenoxy) is 1. The van der Waals surface area contributed by atoms with Gasteiger partial charge in [-0.3, -0.25) is 10.1 Å². The fraction of sp³-hybridized carbons (Fsp3) is 0.500. The molecule has 132 valence electrons. The van der Waals surface area contributed by atoms with Crippen LogP contribution in [0.4, 0.5) is 5.69 Å². The number of hydrogen-bond donors (Lipinski definition) is 1. The fourth-order valence-corrected chi connectivity index (χ4v) is 3.96. The molecule has 1 aromatic carbocycles. The van der Waals surface area contributed by atoms with E-state index in [9.17, 15) is 18.5 Å². The summed E-state index contributed by atoms with van der Waals surface area (Å²) >= 11 is 3.16. The molecule has 0 aliphatic heterocycles. The highest BCUT2D eigenvalue weighted by Crippen LogP contribution is 2.41. The number of nitrogens with two attached hydrogens (primary N) is 1. The second kappa shape index (κ2) is 8.25. The van der Waals surface area contributed by atoms with E-state index in [1.807, 2.05) is 0 Å². The summed E-state index contributed by atoms with van der Waals surface area (Å²) in [5, 5.41) is 11.3. The highest BCUT2D eigenvalue weighted by atomic mass is 79.9. The Labute approximate surface area is 149 Å². The molecule has 11 heteroatoms. The van der Waals surface area contributed by atoms with Crippen molar-refractivity contribution in [2.45, 2.75) is 24.8 Å². The van der Waals surface area contributed by atoms with Crippen molar-refractivity contribution in [2.75, 3.05) is 20.7 Å². The van der Waals surface area contributed by atoms with Crippen LogP contribution in [-0.2, 0) is 10.0 Å². The number of rotatable bonds is 6. The van der Waals surface area contributed by atoms with Crippen molar-refractivity contribution in [2.24, 2.45) is 5.73 Å². The van der Waals surface area contributed by atoms with Crippen LogP contribution in [0.1, 0.15) is 12.5 Å². The smallest absolute Gasteiger partial charge is 0.316 e. The number of likely N-dealkylation sites (N-methyl/N-ethyl adjacent to an activating group) is 1. The molecule has 0 amide bonds. The molecule has 0 saturated carbocycles. The van der Waals surface area contributed by atoms with Crippen molar-refractivity contribution in [1.82, 2.24) is 4.31 Å². The van der Waals surface area contributed by atoms with Gasteiger partial charge in [0, 0.05) is 29.7 Å². The SMILES string of the molecule is COc1c(S(=O)(=O)N(C)C(C)CN)cc(Br)c(C)c1[N+](=O)[O-].Cl. The Kier molecular flexibility index (Phi) is 7.91. The Morgan fingerprint density at radius 2 is 2.04 bits per heavy atom. The van der Waals surface area contributed by atoms with Crippen LogP contribution in [0, 0.1) is 17.0 Å². The Morgan fingerprint density at radius 1 is 1.52 bits per heavy atom. The van der Waals surface area contributed by atoms with Gasteiger partial charge in [-0.1, -0.05) is 15.9 Å². The van der Waals surface area contributed by atoms with Crippen LogP contribution in [-0.4, -0.2) is 44.4 Å². The molecule has 1 atom stereocenters. The van der Waals surface area contributed by atoms with E-state index in [0.717, 1.165) is 4.31 Å². The number of methoxy groups -OCH3 is 1. The standard InChI is InChI=1S/C12H18BrN3O5S.ClH/c1-7(6-14)15(3)22(19,20)10-5-9(13)8(2)11(16(17)18)12(10)21-4;/h5,7H,6,14H2,1-4H3;1H. The summed E-state index contributed by atoms with van der Waals surface area (Å²) < 4.78 is 31.8. The predicted octanol–water partition coefficient (Wildman–Crippen LogP) is 2.06.